The zero-order valence-electron chi connectivity index (χ0n) is 16.9. The van der Waals surface area contributed by atoms with Gasteiger partial charge in [0, 0.05) is 16.7 Å². The van der Waals surface area contributed by atoms with Gasteiger partial charge >= 0.3 is 12.0 Å². The molecule has 0 saturated heterocycles. The molecule has 2 atom stereocenters. The lowest BCUT2D eigenvalue weighted by molar-refractivity contribution is 0.0224. The van der Waals surface area contributed by atoms with E-state index < -0.39 is 23.5 Å². The molecule has 3 aromatic carbocycles. The molecule has 0 aliphatic carbocycles. The first-order valence-corrected chi connectivity index (χ1v) is 9.92. The van der Waals surface area contributed by atoms with Gasteiger partial charge in [0.1, 0.15) is 11.5 Å². The fourth-order valence-electron chi connectivity index (χ4n) is 4.41. The maximum Gasteiger partial charge on any atom is 0.340 e. The molecule has 0 N–H and O–H groups in total. The smallest absolute Gasteiger partial charge is 0.340 e. The van der Waals surface area contributed by atoms with Crippen molar-refractivity contribution in [1.29, 1.82) is 15.8 Å². The van der Waals surface area contributed by atoms with Gasteiger partial charge in [0.15, 0.2) is 17.6 Å². The highest BCUT2D eigenvalue weighted by Crippen LogP contribution is 2.56. The van der Waals surface area contributed by atoms with Crippen LogP contribution in [0, 0.1) is 40.6 Å². The Morgan fingerprint density at radius 1 is 0.848 bits per heavy atom. The molecular weight excluding hydrogens is 416 g/mol. The summed E-state index contributed by atoms with van der Waals surface area (Å²) >= 11 is 0. The van der Waals surface area contributed by atoms with Crippen LogP contribution >= 0.6 is 0 Å². The standard InChI is InChI=1S/C26H12N4O3/c1-30-22(14-29)16-7-9-21-24(11-16)32-23-10-15(17(12-27)13-28)6-8-20(23)26(21)19-5-3-2-4-18(19)25(31)33-26/h2-11,17,22H. The minimum atomic E-state index is -1.30. The van der Waals surface area contributed by atoms with Gasteiger partial charge in [-0.15, -0.1) is 0 Å². The fraction of sp³-hybridized carbons (Fsp3) is 0.115. The summed E-state index contributed by atoms with van der Waals surface area (Å²) in [4.78, 5) is 16.2. The van der Waals surface area contributed by atoms with E-state index in [0.29, 0.717) is 44.9 Å². The molecule has 0 aromatic heterocycles. The summed E-state index contributed by atoms with van der Waals surface area (Å²) in [5, 5.41) is 28.0. The molecule has 3 aromatic rings. The van der Waals surface area contributed by atoms with E-state index in [0.717, 1.165) is 0 Å². The Bertz CT molecular complexity index is 1400. The van der Waals surface area contributed by atoms with E-state index in [1.807, 2.05) is 30.3 Å². The monoisotopic (exact) mass is 428 g/mol. The van der Waals surface area contributed by atoms with E-state index in [-0.39, 0.29) is 0 Å². The SMILES string of the molecule is [C-]#[N+]C(C#N)c1ccc2c(c1)Oc1cc(C(C#N)C#N)ccc1C21OC(=O)c2ccccc21. The van der Waals surface area contributed by atoms with Crippen LogP contribution in [0.5, 0.6) is 11.5 Å². The Labute approximate surface area is 189 Å². The highest BCUT2D eigenvalue weighted by atomic mass is 16.6. The van der Waals surface area contributed by atoms with Gasteiger partial charge in [-0.1, -0.05) is 30.3 Å². The molecule has 7 nitrogen and oxygen atoms in total. The molecule has 2 aliphatic heterocycles. The van der Waals surface area contributed by atoms with Gasteiger partial charge in [-0.2, -0.15) is 15.8 Å². The van der Waals surface area contributed by atoms with Crippen molar-refractivity contribution in [3.63, 3.8) is 0 Å². The molecule has 1 spiro atoms. The van der Waals surface area contributed by atoms with Crippen LogP contribution in [0.1, 0.15) is 50.1 Å². The fourth-order valence-corrected chi connectivity index (χ4v) is 4.41. The van der Waals surface area contributed by atoms with Crippen molar-refractivity contribution in [1.82, 2.24) is 0 Å². The lowest BCUT2D eigenvalue weighted by atomic mass is 9.76. The number of nitriles is 3. The van der Waals surface area contributed by atoms with Gasteiger partial charge in [-0.05, 0) is 35.9 Å². The number of esters is 1. The second-order valence-corrected chi connectivity index (χ2v) is 7.58. The van der Waals surface area contributed by atoms with Crippen LogP contribution < -0.4 is 4.74 Å². The van der Waals surface area contributed by atoms with Crippen LogP contribution in [-0.4, -0.2) is 5.97 Å². The minimum Gasteiger partial charge on any atom is -0.456 e. The van der Waals surface area contributed by atoms with E-state index in [4.69, 9.17) is 16.0 Å². The first kappa shape index (κ1) is 19.8. The predicted octanol–water partition coefficient (Wildman–Crippen LogP) is 4.87. The van der Waals surface area contributed by atoms with Crippen molar-refractivity contribution in [2.45, 2.75) is 17.6 Å². The highest BCUT2D eigenvalue weighted by molar-refractivity contribution is 5.97. The van der Waals surface area contributed by atoms with Crippen LogP contribution in [0.15, 0.2) is 60.7 Å². The number of benzene rings is 3. The summed E-state index contributed by atoms with van der Waals surface area (Å²) in [6, 6.07) is 21.8. The van der Waals surface area contributed by atoms with Gasteiger partial charge in [0.2, 0.25) is 0 Å². The number of carbonyl (C=O) groups excluding carboxylic acids is 1. The Kier molecular flexibility index (Phi) is 4.35. The van der Waals surface area contributed by atoms with E-state index in [1.165, 1.54) is 0 Å². The molecule has 2 unspecified atom stereocenters. The van der Waals surface area contributed by atoms with E-state index in [1.54, 1.807) is 48.5 Å². The zero-order chi connectivity index (χ0) is 23.2. The third-order valence-corrected chi connectivity index (χ3v) is 5.92. The third kappa shape index (κ3) is 2.68. The van der Waals surface area contributed by atoms with Crippen LogP contribution in [0.25, 0.3) is 4.85 Å². The summed E-state index contributed by atoms with van der Waals surface area (Å²) in [6.45, 7) is 7.29. The minimum absolute atomic E-state index is 0.327. The van der Waals surface area contributed by atoms with Gasteiger partial charge in [-0.25, -0.2) is 11.4 Å². The lowest BCUT2D eigenvalue weighted by Gasteiger charge is -2.36. The second kappa shape index (κ2) is 7.24. The number of nitrogens with zero attached hydrogens (tertiary/aromatic N) is 4. The van der Waals surface area contributed by atoms with Crippen LogP contribution in [0.3, 0.4) is 0 Å². The van der Waals surface area contributed by atoms with Gasteiger partial charge < -0.3 is 9.47 Å². The Balaban J connectivity index is 1.81. The largest absolute Gasteiger partial charge is 0.456 e. The summed E-state index contributed by atoms with van der Waals surface area (Å²) in [5.74, 6) is -0.823. The first-order valence-electron chi connectivity index (χ1n) is 9.92. The molecule has 0 radical (unpaired) electrons. The molecule has 33 heavy (non-hydrogen) atoms. The molecule has 0 fully saturated rings. The average Bonchev–Trinajstić information content (AvgIpc) is 3.13. The molecule has 2 heterocycles. The van der Waals surface area contributed by atoms with Crippen LogP contribution in [0.2, 0.25) is 0 Å². The Morgan fingerprint density at radius 3 is 2.12 bits per heavy atom. The summed E-state index contributed by atoms with van der Waals surface area (Å²) < 4.78 is 12.2. The van der Waals surface area contributed by atoms with Gasteiger partial charge in [-0.3, -0.25) is 4.85 Å². The van der Waals surface area contributed by atoms with Crippen molar-refractivity contribution in [2.75, 3.05) is 0 Å². The van der Waals surface area contributed by atoms with Crippen molar-refractivity contribution in [3.8, 4) is 29.7 Å². The maximum absolute atomic E-state index is 12.9. The number of carbonyl (C=O) groups is 1. The number of hydrogen-bond donors (Lipinski definition) is 0. The Hall–Kier alpha value is -5.11. The van der Waals surface area contributed by atoms with Gasteiger partial charge in [0.05, 0.1) is 23.3 Å². The van der Waals surface area contributed by atoms with Crippen molar-refractivity contribution >= 4 is 5.97 Å². The predicted molar refractivity (Wildman–Crippen MR) is 114 cm³/mol. The van der Waals surface area contributed by atoms with Crippen LogP contribution in [-0.2, 0) is 10.3 Å². The van der Waals surface area contributed by atoms with Crippen molar-refractivity contribution in [3.05, 3.63) is 105 Å². The third-order valence-electron chi connectivity index (χ3n) is 5.92. The van der Waals surface area contributed by atoms with E-state index in [9.17, 15) is 20.6 Å². The Morgan fingerprint density at radius 2 is 1.48 bits per heavy atom. The normalized spacial score (nSPS) is 17.8. The van der Waals surface area contributed by atoms with E-state index >= 15 is 0 Å². The molecule has 0 saturated carbocycles. The zero-order valence-corrected chi connectivity index (χ0v) is 16.9. The number of hydrogen-bond acceptors (Lipinski definition) is 6. The number of rotatable bonds is 2. The molecule has 0 amide bonds. The summed E-state index contributed by atoms with van der Waals surface area (Å²) in [7, 11) is 0. The molecule has 2 aliphatic rings. The summed E-state index contributed by atoms with van der Waals surface area (Å²) in [6.07, 6.45) is 0. The second-order valence-electron chi connectivity index (χ2n) is 7.58. The quantitative estimate of drug-likeness (QED) is 0.425. The topological polar surface area (TPSA) is 111 Å². The molecule has 154 valence electrons. The number of ether oxygens (including phenoxy) is 2. The average molecular weight is 428 g/mol. The van der Waals surface area contributed by atoms with Crippen molar-refractivity contribution < 1.29 is 14.3 Å². The highest BCUT2D eigenvalue weighted by Gasteiger charge is 2.53. The summed E-state index contributed by atoms with van der Waals surface area (Å²) in [5.41, 5.74) is 1.77. The molecule has 5 rings (SSSR count). The molecule has 0 bridgehead atoms. The number of fused-ring (bicyclic) bond motifs is 6. The van der Waals surface area contributed by atoms with E-state index in [2.05, 4.69) is 4.85 Å². The van der Waals surface area contributed by atoms with Crippen molar-refractivity contribution in [2.24, 2.45) is 0 Å². The van der Waals surface area contributed by atoms with Gasteiger partial charge in [0.25, 0.3) is 0 Å². The maximum atomic E-state index is 12.9. The van der Waals surface area contributed by atoms with Crippen LogP contribution in [0.4, 0.5) is 0 Å². The molecule has 7 heteroatoms. The lowest BCUT2D eigenvalue weighted by Crippen LogP contribution is -2.33. The first-order chi connectivity index (χ1) is 16.1. The molecular formula is C26H12N4O3.